The molecule has 1 aliphatic heterocycles. The Kier molecular flexibility index (Phi) is 4.44. The molecule has 6 heteroatoms. The zero-order valence-electron chi connectivity index (χ0n) is 15.9. The zero-order chi connectivity index (χ0) is 18.2. The van der Waals surface area contributed by atoms with E-state index in [9.17, 15) is 0 Å². The van der Waals surface area contributed by atoms with E-state index in [1.807, 2.05) is 0 Å². The summed E-state index contributed by atoms with van der Waals surface area (Å²) in [6.07, 6.45) is 8.79. The maximum Gasteiger partial charge on any atom is 0.210 e. The van der Waals surface area contributed by atoms with Crippen molar-refractivity contribution in [1.82, 2.24) is 19.6 Å². The first kappa shape index (κ1) is 16.9. The first-order valence-electron chi connectivity index (χ1n) is 10.3. The highest BCUT2D eigenvalue weighted by Gasteiger charge is 2.24. The second-order valence-corrected chi connectivity index (χ2v) is 8.02. The Bertz CT molecular complexity index is 954. The summed E-state index contributed by atoms with van der Waals surface area (Å²) in [6.45, 7) is 3.76. The van der Waals surface area contributed by atoms with Crippen LogP contribution in [0.15, 0.2) is 18.2 Å². The fourth-order valence-electron chi connectivity index (χ4n) is 4.52. The first-order chi connectivity index (χ1) is 13.3. The summed E-state index contributed by atoms with van der Waals surface area (Å²) in [6, 6.07) is 6.35. The molecule has 2 fully saturated rings. The molecule has 1 unspecified atom stereocenters. The third-order valence-corrected chi connectivity index (χ3v) is 6.00. The van der Waals surface area contributed by atoms with Gasteiger partial charge in [-0.1, -0.05) is 30.9 Å². The second kappa shape index (κ2) is 7.08. The minimum atomic E-state index is 0.269. The van der Waals surface area contributed by atoms with Crippen molar-refractivity contribution in [2.75, 3.05) is 18.5 Å². The van der Waals surface area contributed by atoms with E-state index in [4.69, 9.17) is 9.72 Å². The SMILES string of the molecule is Cc1ccc2nc(NCC3CCCO3)n3c(C4CCCCC4)nnc3c2c1. The molecule has 27 heavy (non-hydrogen) atoms. The summed E-state index contributed by atoms with van der Waals surface area (Å²) in [7, 11) is 0. The Hall–Kier alpha value is -2.21. The third kappa shape index (κ3) is 3.16. The Balaban J connectivity index is 1.62. The lowest BCUT2D eigenvalue weighted by atomic mass is 9.89. The third-order valence-electron chi connectivity index (χ3n) is 6.00. The average Bonchev–Trinajstić information content (AvgIpc) is 3.37. The highest BCUT2D eigenvalue weighted by molar-refractivity contribution is 5.93. The summed E-state index contributed by atoms with van der Waals surface area (Å²) < 4.78 is 7.96. The van der Waals surface area contributed by atoms with E-state index in [0.29, 0.717) is 5.92 Å². The molecule has 2 aromatic heterocycles. The van der Waals surface area contributed by atoms with Crippen LogP contribution in [0.5, 0.6) is 0 Å². The molecule has 3 heterocycles. The number of rotatable bonds is 4. The van der Waals surface area contributed by atoms with Crippen LogP contribution in [0.3, 0.4) is 0 Å². The van der Waals surface area contributed by atoms with E-state index in [2.05, 4.69) is 45.0 Å². The minimum Gasteiger partial charge on any atom is -0.376 e. The summed E-state index contributed by atoms with van der Waals surface area (Å²) in [5.41, 5.74) is 3.10. The van der Waals surface area contributed by atoms with Crippen LogP contribution in [0, 0.1) is 6.92 Å². The van der Waals surface area contributed by atoms with Crippen molar-refractivity contribution in [2.24, 2.45) is 0 Å². The van der Waals surface area contributed by atoms with Gasteiger partial charge in [-0.25, -0.2) is 9.38 Å². The molecule has 1 aromatic carbocycles. The van der Waals surface area contributed by atoms with Crippen LogP contribution in [-0.4, -0.2) is 38.8 Å². The molecule has 1 atom stereocenters. The van der Waals surface area contributed by atoms with Gasteiger partial charge < -0.3 is 10.1 Å². The maximum absolute atomic E-state index is 5.79. The maximum atomic E-state index is 5.79. The van der Waals surface area contributed by atoms with Crippen LogP contribution in [-0.2, 0) is 4.74 Å². The molecular weight excluding hydrogens is 338 g/mol. The van der Waals surface area contributed by atoms with Crippen LogP contribution in [0.4, 0.5) is 5.95 Å². The number of hydrogen-bond donors (Lipinski definition) is 1. The molecule has 1 aliphatic carbocycles. The summed E-state index contributed by atoms with van der Waals surface area (Å²) in [4.78, 5) is 4.95. The van der Waals surface area contributed by atoms with Gasteiger partial charge in [0, 0.05) is 24.5 Å². The quantitative estimate of drug-likeness (QED) is 0.750. The highest BCUT2D eigenvalue weighted by Crippen LogP contribution is 2.34. The number of aryl methyl sites for hydroxylation is 1. The van der Waals surface area contributed by atoms with Gasteiger partial charge in [-0.15, -0.1) is 10.2 Å². The molecule has 1 saturated heterocycles. The predicted molar refractivity (Wildman–Crippen MR) is 106 cm³/mol. The van der Waals surface area contributed by atoms with Gasteiger partial charge in [0.1, 0.15) is 5.82 Å². The number of nitrogens with zero attached hydrogens (tertiary/aromatic N) is 4. The molecule has 0 radical (unpaired) electrons. The van der Waals surface area contributed by atoms with Gasteiger partial charge in [-0.2, -0.15) is 0 Å². The predicted octanol–water partition coefficient (Wildman–Crippen LogP) is 4.22. The monoisotopic (exact) mass is 365 g/mol. The molecule has 6 nitrogen and oxygen atoms in total. The molecule has 1 N–H and O–H groups in total. The number of ether oxygens (including phenoxy) is 1. The molecule has 0 bridgehead atoms. The van der Waals surface area contributed by atoms with Crippen molar-refractivity contribution in [2.45, 2.75) is 63.9 Å². The largest absolute Gasteiger partial charge is 0.376 e. The van der Waals surface area contributed by atoms with Crippen molar-refractivity contribution >= 4 is 22.5 Å². The number of nitrogens with one attached hydrogen (secondary N) is 1. The summed E-state index contributed by atoms with van der Waals surface area (Å²) in [5.74, 6) is 2.39. The van der Waals surface area contributed by atoms with Crippen LogP contribution >= 0.6 is 0 Å². The molecule has 2 aliphatic rings. The average molecular weight is 365 g/mol. The van der Waals surface area contributed by atoms with E-state index in [0.717, 1.165) is 54.3 Å². The molecular formula is C21H27N5O. The topological polar surface area (TPSA) is 64.3 Å². The molecule has 0 amide bonds. The number of aromatic nitrogens is 4. The minimum absolute atomic E-state index is 0.269. The molecule has 3 aromatic rings. The number of hydrogen-bond acceptors (Lipinski definition) is 5. The van der Waals surface area contributed by atoms with Crippen molar-refractivity contribution in [1.29, 1.82) is 0 Å². The molecule has 5 rings (SSSR count). The van der Waals surface area contributed by atoms with Gasteiger partial charge >= 0.3 is 0 Å². The molecule has 142 valence electrons. The van der Waals surface area contributed by atoms with E-state index in [1.165, 1.54) is 37.7 Å². The standard InChI is InChI=1S/C21H27N5O/c1-14-9-10-18-17(12-14)20-25-24-19(15-6-3-2-4-7-15)26(20)21(23-18)22-13-16-8-5-11-27-16/h9-10,12,15-16H,2-8,11,13H2,1H3,(H,22,23). The van der Waals surface area contributed by atoms with E-state index >= 15 is 0 Å². The van der Waals surface area contributed by atoms with Crippen LogP contribution in [0.2, 0.25) is 0 Å². The van der Waals surface area contributed by atoms with Crippen molar-refractivity contribution in [3.63, 3.8) is 0 Å². The van der Waals surface area contributed by atoms with Crippen LogP contribution in [0.1, 0.15) is 62.3 Å². The van der Waals surface area contributed by atoms with Crippen molar-refractivity contribution in [3.05, 3.63) is 29.6 Å². The fraction of sp³-hybridized carbons (Fsp3) is 0.571. The fourth-order valence-corrected chi connectivity index (χ4v) is 4.52. The van der Waals surface area contributed by atoms with Gasteiger partial charge in [0.25, 0.3) is 0 Å². The Labute approximate surface area is 159 Å². The van der Waals surface area contributed by atoms with Gasteiger partial charge in [0.05, 0.1) is 11.6 Å². The Morgan fingerprint density at radius 3 is 2.81 bits per heavy atom. The molecule has 0 spiro atoms. The Morgan fingerprint density at radius 2 is 2.00 bits per heavy atom. The van der Waals surface area contributed by atoms with Crippen molar-refractivity contribution < 1.29 is 4.74 Å². The normalized spacial score (nSPS) is 21.3. The van der Waals surface area contributed by atoms with Crippen LogP contribution in [0.25, 0.3) is 16.6 Å². The number of anilines is 1. The summed E-state index contributed by atoms with van der Waals surface area (Å²) in [5, 5.41) is 13.9. The first-order valence-corrected chi connectivity index (χ1v) is 10.3. The highest BCUT2D eigenvalue weighted by atomic mass is 16.5. The summed E-state index contributed by atoms with van der Waals surface area (Å²) >= 11 is 0. The van der Waals surface area contributed by atoms with Gasteiger partial charge in [-0.3, -0.25) is 0 Å². The number of fused-ring (bicyclic) bond motifs is 3. The lowest BCUT2D eigenvalue weighted by molar-refractivity contribution is 0.120. The lowest BCUT2D eigenvalue weighted by Gasteiger charge is -2.21. The van der Waals surface area contributed by atoms with Crippen molar-refractivity contribution in [3.8, 4) is 0 Å². The van der Waals surface area contributed by atoms with Gasteiger partial charge in [0.15, 0.2) is 5.65 Å². The van der Waals surface area contributed by atoms with E-state index < -0.39 is 0 Å². The smallest absolute Gasteiger partial charge is 0.210 e. The molecule has 1 saturated carbocycles. The second-order valence-electron chi connectivity index (χ2n) is 8.02. The van der Waals surface area contributed by atoms with E-state index in [-0.39, 0.29) is 6.10 Å². The van der Waals surface area contributed by atoms with Gasteiger partial charge in [0.2, 0.25) is 5.95 Å². The Morgan fingerprint density at radius 1 is 1.11 bits per heavy atom. The number of benzene rings is 1. The zero-order valence-corrected chi connectivity index (χ0v) is 15.9. The van der Waals surface area contributed by atoms with Crippen LogP contribution < -0.4 is 5.32 Å². The van der Waals surface area contributed by atoms with Gasteiger partial charge in [-0.05, 0) is 44.7 Å². The van der Waals surface area contributed by atoms with E-state index in [1.54, 1.807) is 0 Å². The lowest BCUT2D eigenvalue weighted by Crippen LogP contribution is -2.21.